The molecular formula is C17H23Cl2N3O3. The van der Waals surface area contributed by atoms with Gasteiger partial charge in [-0.05, 0) is 45.0 Å². The number of hydrogen-bond acceptors (Lipinski definition) is 4. The third-order valence-corrected chi connectivity index (χ3v) is 5.36. The van der Waals surface area contributed by atoms with E-state index in [4.69, 9.17) is 28.3 Å². The highest BCUT2D eigenvalue weighted by Crippen LogP contribution is 2.25. The first-order valence-electron chi connectivity index (χ1n) is 8.20. The maximum Gasteiger partial charge on any atom is 0.317 e. The Morgan fingerprint density at radius 2 is 1.96 bits per heavy atom. The fourth-order valence-corrected chi connectivity index (χ4v) is 3.34. The zero-order chi connectivity index (χ0) is 18.6. The highest BCUT2D eigenvalue weighted by atomic mass is 35.5. The minimum atomic E-state index is -0.820. The number of hydrogen-bond donors (Lipinski definition) is 2. The van der Waals surface area contributed by atoms with Crippen LogP contribution in [-0.2, 0) is 9.59 Å². The summed E-state index contributed by atoms with van der Waals surface area (Å²) in [7, 11) is 1.83. The molecule has 138 valence electrons. The second kappa shape index (κ2) is 8.85. The minimum absolute atomic E-state index is 0.0397. The normalized spacial score (nSPS) is 17.5. The molecule has 1 heterocycles. The van der Waals surface area contributed by atoms with Crippen LogP contribution in [0.1, 0.15) is 19.8 Å². The molecule has 1 saturated heterocycles. The van der Waals surface area contributed by atoms with Gasteiger partial charge in [0.15, 0.2) is 0 Å². The maximum atomic E-state index is 12.5. The molecule has 1 aliphatic heterocycles. The van der Waals surface area contributed by atoms with E-state index in [1.807, 2.05) is 18.9 Å². The van der Waals surface area contributed by atoms with Crippen molar-refractivity contribution in [3.8, 4) is 0 Å². The SMILES string of the molecule is CC(C(=O)Nc1ccc(Cl)c(Cl)c1)N1CCC(N(C)CC(=O)O)CC1. The highest BCUT2D eigenvalue weighted by Gasteiger charge is 2.28. The number of carboxylic acids is 1. The Bertz CT molecular complexity index is 634. The average Bonchev–Trinajstić information content (AvgIpc) is 2.57. The van der Waals surface area contributed by atoms with Crippen molar-refractivity contribution in [1.82, 2.24) is 9.80 Å². The Hall–Kier alpha value is -1.34. The first kappa shape index (κ1) is 20.0. The van der Waals surface area contributed by atoms with Gasteiger partial charge in [0.2, 0.25) is 5.91 Å². The number of amides is 1. The molecule has 1 aromatic rings. The lowest BCUT2D eigenvalue weighted by Crippen LogP contribution is -2.50. The van der Waals surface area contributed by atoms with Gasteiger partial charge in [-0.15, -0.1) is 0 Å². The summed E-state index contributed by atoms with van der Waals surface area (Å²) >= 11 is 11.8. The van der Waals surface area contributed by atoms with Gasteiger partial charge in [-0.1, -0.05) is 23.2 Å². The summed E-state index contributed by atoms with van der Waals surface area (Å²) in [5, 5.41) is 12.6. The Balaban J connectivity index is 1.86. The molecule has 0 aliphatic carbocycles. The summed E-state index contributed by atoms with van der Waals surface area (Å²) in [4.78, 5) is 27.2. The molecule has 0 bridgehead atoms. The molecule has 0 spiro atoms. The minimum Gasteiger partial charge on any atom is -0.480 e. The van der Waals surface area contributed by atoms with Crippen LogP contribution in [0.4, 0.5) is 5.69 Å². The van der Waals surface area contributed by atoms with Crippen molar-refractivity contribution in [1.29, 1.82) is 0 Å². The van der Waals surface area contributed by atoms with Crippen LogP contribution in [0.25, 0.3) is 0 Å². The zero-order valence-electron chi connectivity index (χ0n) is 14.3. The molecule has 1 amide bonds. The van der Waals surface area contributed by atoms with Crippen molar-refractivity contribution in [2.45, 2.75) is 31.8 Å². The van der Waals surface area contributed by atoms with Crippen LogP contribution in [0.2, 0.25) is 10.0 Å². The topological polar surface area (TPSA) is 72.9 Å². The van der Waals surface area contributed by atoms with Gasteiger partial charge in [0.1, 0.15) is 0 Å². The zero-order valence-corrected chi connectivity index (χ0v) is 15.8. The van der Waals surface area contributed by atoms with E-state index < -0.39 is 5.97 Å². The van der Waals surface area contributed by atoms with Crippen LogP contribution in [0.3, 0.4) is 0 Å². The molecule has 0 aromatic heterocycles. The number of benzene rings is 1. The largest absolute Gasteiger partial charge is 0.480 e. The average molecular weight is 388 g/mol. The number of anilines is 1. The summed E-state index contributed by atoms with van der Waals surface area (Å²) in [6.07, 6.45) is 1.68. The molecular weight excluding hydrogens is 365 g/mol. The number of carbonyl (C=O) groups is 2. The number of carbonyl (C=O) groups excluding carboxylic acids is 1. The van der Waals surface area contributed by atoms with E-state index in [0.717, 1.165) is 25.9 Å². The van der Waals surface area contributed by atoms with Gasteiger partial charge < -0.3 is 10.4 Å². The molecule has 0 saturated carbocycles. The van der Waals surface area contributed by atoms with Gasteiger partial charge in [0.25, 0.3) is 0 Å². The van der Waals surface area contributed by atoms with E-state index in [9.17, 15) is 9.59 Å². The molecule has 25 heavy (non-hydrogen) atoms. The first-order valence-corrected chi connectivity index (χ1v) is 8.95. The van der Waals surface area contributed by atoms with Gasteiger partial charge in [-0.25, -0.2) is 0 Å². The van der Waals surface area contributed by atoms with E-state index in [-0.39, 0.29) is 24.5 Å². The Kier molecular flexibility index (Phi) is 7.07. The maximum absolute atomic E-state index is 12.5. The van der Waals surface area contributed by atoms with E-state index in [1.165, 1.54) is 0 Å². The summed E-state index contributed by atoms with van der Waals surface area (Å²) in [5.41, 5.74) is 0.613. The smallest absolute Gasteiger partial charge is 0.317 e. The standard InChI is InChI=1S/C17H23Cl2N3O3/c1-11(17(25)20-12-3-4-14(18)15(19)9-12)22-7-5-13(6-8-22)21(2)10-16(23)24/h3-4,9,11,13H,5-8,10H2,1-2H3,(H,20,25)(H,23,24). The molecule has 2 rings (SSSR count). The van der Waals surface area contributed by atoms with Crippen molar-refractivity contribution >= 4 is 40.8 Å². The van der Waals surface area contributed by atoms with Crippen LogP contribution in [0, 0.1) is 0 Å². The van der Waals surface area contributed by atoms with Gasteiger partial charge in [0.05, 0.1) is 22.6 Å². The third kappa shape index (κ3) is 5.57. The van der Waals surface area contributed by atoms with E-state index in [1.54, 1.807) is 18.2 Å². The highest BCUT2D eigenvalue weighted by molar-refractivity contribution is 6.42. The van der Waals surface area contributed by atoms with Crippen molar-refractivity contribution in [3.05, 3.63) is 28.2 Å². The monoisotopic (exact) mass is 387 g/mol. The fraction of sp³-hybridized carbons (Fsp3) is 0.529. The molecule has 2 N–H and O–H groups in total. The van der Waals surface area contributed by atoms with E-state index >= 15 is 0 Å². The molecule has 1 unspecified atom stereocenters. The van der Waals surface area contributed by atoms with Gasteiger partial charge in [-0.2, -0.15) is 0 Å². The summed E-state index contributed by atoms with van der Waals surface area (Å²) in [5.74, 6) is -0.921. The number of halogens is 2. The quantitative estimate of drug-likeness (QED) is 0.784. The Morgan fingerprint density at radius 1 is 1.32 bits per heavy atom. The van der Waals surface area contributed by atoms with Crippen LogP contribution < -0.4 is 5.32 Å². The fourth-order valence-electron chi connectivity index (χ4n) is 3.04. The predicted molar refractivity (Wildman–Crippen MR) is 99.4 cm³/mol. The predicted octanol–water partition coefficient (Wildman–Crippen LogP) is 2.80. The molecule has 1 aromatic carbocycles. The number of likely N-dealkylation sites (N-methyl/N-ethyl adjacent to an activating group) is 1. The lowest BCUT2D eigenvalue weighted by atomic mass is 10.0. The second-order valence-corrected chi connectivity index (χ2v) is 7.18. The van der Waals surface area contributed by atoms with Crippen molar-refractivity contribution < 1.29 is 14.7 Å². The lowest BCUT2D eigenvalue weighted by molar-refractivity contribution is -0.138. The van der Waals surface area contributed by atoms with Crippen LogP contribution in [-0.4, -0.2) is 65.5 Å². The second-order valence-electron chi connectivity index (χ2n) is 6.37. The molecule has 8 heteroatoms. The number of piperidine rings is 1. The van der Waals surface area contributed by atoms with Crippen LogP contribution in [0.15, 0.2) is 18.2 Å². The molecule has 1 fully saturated rings. The number of nitrogens with zero attached hydrogens (tertiary/aromatic N) is 2. The summed E-state index contributed by atoms with van der Waals surface area (Å²) in [6, 6.07) is 4.94. The number of aliphatic carboxylic acids is 1. The molecule has 6 nitrogen and oxygen atoms in total. The molecule has 1 aliphatic rings. The Morgan fingerprint density at radius 3 is 2.52 bits per heavy atom. The van der Waals surface area contributed by atoms with Crippen molar-refractivity contribution in [3.63, 3.8) is 0 Å². The van der Waals surface area contributed by atoms with Crippen LogP contribution >= 0.6 is 23.2 Å². The number of likely N-dealkylation sites (tertiary alicyclic amines) is 1. The lowest BCUT2D eigenvalue weighted by Gasteiger charge is -2.38. The van der Waals surface area contributed by atoms with E-state index in [0.29, 0.717) is 15.7 Å². The number of rotatable bonds is 6. The van der Waals surface area contributed by atoms with Crippen molar-refractivity contribution in [2.75, 3.05) is 32.0 Å². The Labute approximate surface area is 157 Å². The summed E-state index contributed by atoms with van der Waals surface area (Å²) in [6.45, 7) is 3.42. The molecule has 1 atom stereocenters. The number of carboxylic acid groups (broad SMARTS) is 1. The van der Waals surface area contributed by atoms with Crippen molar-refractivity contribution in [2.24, 2.45) is 0 Å². The van der Waals surface area contributed by atoms with E-state index in [2.05, 4.69) is 10.2 Å². The van der Waals surface area contributed by atoms with Gasteiger partial charge >= 0.3 is 5.97 Å². The third-order valence-electron chi connectivity index (χ3n) is 4.62. The van der Waals surface area contributed by atoms with Gasteiger partial charge in [-0.3, -0.25) is 19.4 Å². The first-order chi connectivity index (χ1) is 11.8. The summed E-state index contributed by atoms with van der Waals surface area (Å²) < 4.78 is 0. The van der Waals surface area contributed by atoms with Crippen LogP contribution in [0.5, 0.6) is 0 Å². The number of nitrogens with one attached hydrogen (secondary N) is 1. The molecule has 0 radical (unpaired) electrons. The van der Waals surface area contributed by atoms with Gasteiger partial charge in [0, 0.05) is 24.8 Å².